The number of sulfonamides is 1. The molecular formula is C12H9Cl2FN2O2S. The van der Waals surface area contributed by atoms with E-state index in [0.717, 1.165) is 12.1 Å². The fraction of sp³-hybridized carbons (Fsp3) is 0. The molecule has 106 valence electrons. The molecule has 0 bridgehead atoms. The van der Waals surface area contributed by atoms with Gasteiger partial charge < -0.3 is 5.73 Å². The summed E-state index contributed by atoms with van der Waals surface area (Å²) >= 11 is 11.6. The molecule has 0 fully saturated rings. The summed E-state index contributed by atoms with van der Waals surface area (Å²) in [6.07, 6.45) is 0. The van der Waals surface area contributed by atoms with Crippen LogP contribution in [0.3, 0.4) is 0 Å². The first-order valence-corrected chi connectivity index (χ1v) is 7.56. The van der Waals surface area contributed by atoms with E-state index in [0.29, 0.717) is 5.02 Å². The highest BCUT2D eigenvalue weighted by atomic mass is 35.5. The zero-order valence-electron chi connectivity index (χ0n) is 9.90. The van der Waals surface area contributed by atoms with Crippen molar-refractivity contribution in [1.29, 1.82) is 0 Å². The fourth-order valence-corrected chi connectivity index (χ4v) is 3.16. The number of nitrogens with one attached hydrogen (secondary N) is 1. The Morgan fingerprint density at radius 2 is 1.80 bits per heavy atom. The average Bonchev–Trinajstić information content (AvgIpc) is 2.32. The van der Waals surface area contributed by atoms with Gasteiger partial charge in [-0.1, -0.05) is 23.2 Å². The topological polar surface area (TPSA) is 72.2 Å². The molecular weight excluding hydrogens is 326 g/mol. The Morgan fingerprint density at radius 1 is 1.10 bits per heavy atom. The summed E-state index contributed by atoms with van der Waals surface area (Å²) in [5.74, 6) is -0.942. The van der Waals surface area contributed by atoms with E-state index >= 15 is 0 Å². The first-order chi connectivity index (χ1) is 9.29. The van der Waals surface area contributed by atoms with Crippen molar-refractivity contribution >= 4 is 44.6 Å². The Balaban J connectivity index is 2.41. The van der Waals surface area contributed by atoms with Crippen LogP contribution in [0.2, 0.25) is 10.0 Å². The largest absolute Gasteiger partial charge is 0.399 e. The molecule has 0 saturated carbocycles. The summed E-state index contributed by atoms with van der Waals surface area (Å²) in [5.41, 5.74) is 5.61. The third kappa shape index (κ3) is 3.15. The van der Waals surface area contributed by atoms with Gasteiger partial charge in [-0.3, -0.25) is 4.72 Å². The second kappa shape index (κ2) is 5.47. The summed E-state index contributed by atoms with van der Waals surface area (Å²) in [5, 5.41) is 0.466. The lowest BCUT2D eigenvalue weighted by Crippen LogP contribution is -2.15. The Morgan fingerprint density at radius 3 is 2.40 bits per heavy atom. The Labute approximate surface area is 125 Å². The SMILES string of the molecule is Nc1ccc(S(=O)(=O)Nc2ccc(Cl)cc2Cl)c(F)c1. The fourth-order valence-electron chi connectivity index (χ4n) is 1.51. The van der Waals surface area contributed by atoms with E-state index in [2.05, 4.69) is 4.72 Å². The second-order valence-corrected chi connectivity index (χ2v) is 6.41. The van der Waals surface area contributed by atoms with Crippen molar-refractivity contribution in [1.82, 2.24) is 0 Å². The van der Waals surface area contributed by atoms with E-state index in [1.54, 1.807) is 0 Å². The summed E-state index contributed by atoms with van der Waals surface area (Å²) in [7, 11) is -4.10. The number of halogens is 3. The first kappa shape index (κ1) is 14.9. The molecule has 0 aromatic heterocycles. The van der Waals surface area contributed by atoms with Crippen molar-refractivity contribution in [3.8, 4) is 0 Å². The van der Waals surface area contributed by atoms with Crippen molar-refractivity contribution in [3.05, 3.63) is 52.3 Å². The number of nitrogens with two attached hydrogens (primary N) is 1. The minimum atomic E-state index is -4.10. The molecule has 0 spiro atoms. The molecule has 2 aromatic rings. The molecule has 4 nitrogen and oxygen atoms in total. The van der Waals surface area contributed by atoms with Gasteiger partial charge in [0.15, 0.2) is 0 Å². The maximum absolute atomic E-state index is 13.7. The van der Waals surface area contributed by atoms with Gasteiger partial charge in [-0.2, -0.15) is 0 Å². The number of anilines is 2. The van der Waals surface area contributed by atoms with E-state index in [9.17, 15) is 12.8 Å². The predicted octanol–water partition coefficient (Wildman–Crippen LogP) is 3.52. The quantitative estimate of drug-likeness (QED) is 0.843. The number of rotatable bonds is 3. The third-order valence-electron chi connectivity index (χ3n) is 2.42. The lowest BCUT2D eigenvalue weighted by atomic mass is 10.3. The monoisotopic (exact) mass is 334 g/mol. The highest BCUT2D eigenvalue weighted by Gasteiger charge is 2.20. The van der Waals surface area contributed by atoms with Crippen molar-refractivity contribution in [2.45, 2.75) is 4.90 Å². The molecule has 0 heterocycles. The van der Waals surface area contributed by atoms with Crippen LogP contribution in [0.15, 0.2) is 41.3 Å². The third-order valence-corrected chi connectivity index (χ3v) is 4.37. The molecule has 0 aliphatic carbocycles. The number of hydrogen-bond acceptors (Lipinski definition) is 3. The van der Waals surface area contributed by atoms with Crippen molar-refractivity contribution in [2.24, 2.45) is 0 Å². The van der Waals surface area contributed by atoms with E-state index < -0.39 is 20.7 Å². The molecule has 0 amide bonds. The Hall–Kier alpha value is -1.50. The summed E-state index contributed by atoms with van der Waals surface area (Å²) in [4.78, 5) is -0.516. The first-order valence-electron chi connectivity index (χ1n) is 5.32. The number of benzene rings is 2. The molecule has 0 radical (unpaired) electrons. The van der Waals surface area contributed by atoms with E-state index in [1.165, 1.54) is 24.3 Å². The van der Waals surface area contributed by atoms with Gasteiger partial charge in [0.1, 0.15) is 10.7 Å². The average molecular weight is 335 g/mol. The van der Waals surface area contributed by atoms with E-state index in [1.807, 2.05) is 0 Å². The van der Waals surface area contributed by atoms with Crippen LogP contribution in [0.4, 0.5) is 15.8 Å². The number of nitrogen functional groups attached to an aromatic ring is 1. The molecule has 0 saturated heterocycles. The van der Waals surface area contributed by atoms with Gasteiger partial charge in [0.2, 0.25) is 0 Å². The van der Waals surface area contributed by atoms with Gasteiger partial charge in [0.25, 0.3) is 10.0 Å². The van der Waals surface area contributed by atoms with Crippen molar-refractivity contribution in [2.75, 3.05) is 10.5 Å². The lowest BCUT2D eigenvalue weighted by Gasteiger charge is -2.10. The van der Waals surface area contributed by atoms with Crippen LogP contribution in [0.1, 0.15) is 0 Å². The Bertz CT molecular complexity index is 766. The van der Waals surface area contributed by atoms with E-state index in [-0.39, 0.29) is 16.4 Å². The standard InChI is InChI=1S/C12H9Cl2FN2O2S/c13-7-1-3-11(9(14)5-7)17-20(18,19)12-4-2-8(16)6-10(12)15/h1-6,17H,16H2. The van der Waals surface area contributed by atoms with Crippen molar-refractivity contribution in [3.63, 3.8) is 0 Å². The molecule has 2 aromatic carbocycles. The summed E-state index contributed by atoms with van der Waals surface area (Å²) in [6.45, 7) is 0. The molecule has 0 atom stereocenters. The molecule has 0 aliphatic rings. The van der Waals surface area contributed by atoms with Gasteiger partial charge >= 0.3 is 0 Å². The maximum Gasteiger partial charge on any atom is 0.264 e. The van der Waals surface area contributed by atoms with Crippen molar-refractivity contribution < 1.29 is 12.8 Å². The second-order valence-electron chi connectivity index (χ2n) is 3.92. The molecule has 0 unspecified atom stereocenters. The van der Waals surface area contributed by atoms with Gasteiger partial charge in [-0.25, -0.2) is 12.8 Å². The van der Waals surface area contributed by atoms with Crippen LogP contribution in [0, 0.1) is 5.82 Å². The zero-order valence-corrected chi connectivity index (χ0v) is 12.2. The van der Waals surface area contributed by atoms with Gasteiger partial charge in [-0.15, -0.1) is 0 Å². The number of hydrogen-bond donors (Lipinski definition) is 2. The molecule has 2 rings (SSSR count). The molecule has 3 N–H and O–H groups in total. The predicted molar refractivity (Wildman–Crippen MR) is 78.1 cm³/mol. The van der Waals surface area contributed by atoms with E-state index in [4.69, 9.17) is 28.9 Å². The minimum Gasteiger partial charge on any atom is -0.399 e. The Kier molecular flexibility index (Phi) is 4.08. The highest BCUT2D eigenvalue weighted by molar-refractivity contribution is 7.92. The summed E-state index contributed by atoms with van der Waals surface area (Å²) in [6, 6.07) is 7.53. The highest BCUT2D eigenvalue weighted by Crippen LogP contribution is 2.28. The van der Waals surface area contributed by atoms with Gasteiger partial charge in [-0.05, 0) is 36.4 Å². The molecule has 20 heavy (non-hydrogen) atoms. The summed E-state index contributed by atoms with van der Waals surface area (Å²) < 4.78 is 40.0. The van der Waals surface area contributed by atoms with Crippen LogP contribution in [0.5, 0.6) is 0 Å². The molecule has 8 heteroatoms. The molecule has 0 aliphatic heterocycles. The smallest absolute Gasteiger partial charge is 0.264 e. The maximum atomic E-state index is 13.7. The van der Waals surface area contributed by atoms with Crippen LogP contribution >= 0.6 is 23.2 Å². The zero-order chi connectivity index (χ0) is 14.9. The normalized spacial score (nSPS) is 11.3. The minimum absolute atomic E-state index is 0.104. The van der Waals surface area contributed by atoms with Gasteiger partial charge in [0.05, 0.1) is 10.7 Å². The van der Waals surface area contributed by atoms with Gasteiger partial charge in [0, 0.05) is 10.7 Å². The van der Waals surface area contributed by atoms with Crippen LogP contribution in [-0.4, -0.2) is 8.42 Å². The lowest BCUT2D eigenvalue weighted by molar-refractivity contribution is 0.571. The van der Waals surface area contributed by atoms with Crippen LogP contribution < -0.4 is 10.5 Å². The van der Waals surface area contributed by atoms with Crippen LogP contribution in [-0.2, 0) is 10.0 Å². The van der Waals surface area contributed by atoms with Crippen LogP contribution in [0.25, 0.3) is 0 Å².